The number of ether oxygens (including phenoxy) is 3. The lowest BCUT2D eigenvalue weighted by Crippen LogP contribution is -2.36. The number of benzene rings is 3. The van der Waals surface area contributed by atoms with Crippen molar-refractivity contribution in [1.29, 1.82) is 0 Å². The molecule has 5 rings (SSSR count). The number of rotatable bonds is 8. The first-order valence-corrected chi connectivity index (χ1v) is 13.2. The Hall–Kier alpha value is -5.10. The third kappa shape index (κ3) is 6.73. The highest BCUT2D eigenvalue weighted by molar-refractivity contribution is 8.18. The van der Waals surface area contributed by atoms with E-state index in [0.717, 1.165) is 10.5 Å². The van der Waals surface area contributed by atoms with Crippen LogP contribution >= 0.6 is 11.8 Å². The summed E-state index contributed by atoms with van der Waals surface area (Å²) in [6.45, 7) is 1.11. The number of thioether (sulfide) groups is 1. The molecule has 0 aliphatic carbocycles. The van der Waals surface area contributed by atoms with Crippen molar-refractivity contribution in [3.05, 3.63) is 88.3 Å². The molecule has 0 unspecified atom stereocenters. The molecule has 1 fully saturated rings. The molecular weight excluding hydrogens is 550 g/mol. The van der Waals surface area contributed by atoms with Gasteiger partial charge in [-0.25, -0.2) is 4.79 Å². The van der Waals surface area contributed by atoms with Gasteiger partial charge in [-0.2, -0.15) is 0 Å². The molecule has 2 heterocycles. The molecule has 0 radical (unpaired) electrons. The molecule has 2 aliphatic heterocycles. The molecule has 0 aromatic heterocycles. The van der Waals surface area contributed by atoms with E-state index in [-0.39, 0.29) is 17.3 Å². The van der Waals surface area contributed by atoms with Crippen LogP contribution in [0.15, 0.2) is 71.6 Å². The molecule has 11 nitrogen and oxygen atoms in total. The Morgan fingerprint density at radius 3 is 2.34 bits per heavy atom. The van der Waals surface area contributed by atoms with Crippen LogP contribution in [-0.2, 0) is 19.1 Å². The summed E-state index contributed by atoms with van der Waals surface area (Å²) in [5.41, 5.74) is 2.84. The van der Waals surface area contributed by atoms with E-state index in [1.165, 1.54) is 18.2 Å². The quantitative estimate of drug-likeness (QED) is 0.300. The van der Waals surface area contributed by atoms with Crippen LogP contribution in [-0.4, -0.2) is 53.8 Å². The number of nitrogens with one attached hydrogen (secondary N) is 2. The molecule has 12 heteroatoms. The third-order valence-corrected chi connectivity index (χ3v) is 6.85. The van der Waals surface area contributed by atoms with Crippen LogP contribution in [0.2, 0.25) is 0 Å². The number of carbonyl (C=O) groups is 5. The van der Waals surface area contributed by atoms with Gasteiger partial charge >= 0.3 is 5.97 Å². The molecule has 4 amide bonds. The number of nitrogens with zero attached hydrogens (tertiary/aromatic N) is 1. The maximum atomic E-state index is 12.8. The fraction of sp³-hybridized carbons (Fsp3) is 0.138. The lowest BCUT2D eigenvalue weighted by Gasteiger charge is -2.12. The van der Waals surface area contributed by atoms with Gasteiger partial charge in [-0.15, -0.1) is 0 Å². The Morgan fingerprint density at radius 2 is 1.59 bits per heavy atom. The van der Waals surface area contributed by atoms with Crippen molar-refractivity contribution in [3.8, 4) is 11.5 Å². The van der Waals surface area contributed by atoms with E-state index in [9.17, 15) is 24.0 Å². The molecule has 0 atom stereocenters. The summed E-state index contributed by atoms with van der Waals surface area (Å²) in [6, 6.07) is 18.2. The molecule has 208 valence electrons. The number of anilines is 2. The Kier molecular flexibility index (Phi) is 8.01. The van der Waals surface area contributed by atoms with Crippen LogP contribution in [0, 0.1) is 6.92 Å². The topological polar surface area (TPSA) is 140 Å². The van der Waals surface area contributed by atoms with Crippen molar-refractivity contribution in [2.24, 2.45) is 0 Å². The second-order valence-corrected chi connectivity index (χ2v) is 9.99. The van der Waals surface area contributed by atoms with Crippen LogP contribution in [0.25, 0.3) is 6.08 Å². The predicted molar refractivity (Wildman–Crippen MR) is 150 cm³/mol. The second-order valence-electron chi connectivity index (χ2n) is 9.00. The van der Waals surface area contributed by atoms with E-state index >= 15 is 0 Å². The van der Waals surface area contributed by atoms with Gasteiger partial charge in [0.05, 0.1) is 10.5 Å². The SMILES string of the molecule is Cc1ccc(NC(=O)COC(=O)c2ccc(/C=C3/SC(=O)N(CC(=O)Nc4ccc5c(c4)OCO5)C3=O)cc2)cc1. The highest BCUT2D eigenvalue weighted by atomic mass is 32.2. The average Bonchev–Trinajstić information content (AvgIpc) is 3.53. The van der Waals surface area contributed by atoms with Crippen LogP contribution in [0.4, 0.5) is 16.2 Å². The normalized spacial score (nSPS) is 14.8. The molecule has 0 spiro atoms. The summed E-state index contributed by atoms with van der Waals surface area (Å²) >= 11 is 0.710. The summed E-state index contributed by atoms with van der Waals surface area (Å²) in [7, 11) is 0. The number of aryl methyl sites for hydroxylation is 1. The first kappa shape index (κ1) is 27.5. The Balaban J connectivity index is 1.13. The molecule has 2 aliphatic rings. The van der Waals surface area contributed by atoms with Gasteiger partial charge < -0.3 is 24.8 Å². The minimum Gasteiger partial charge on any atom is -0.454 e. The monoisotopic (exact) mass is 573 g/mol. The molecule has 1 saturated heterocycles. The predicted octanol–water partition coefficient (Wildman–Crippen LogP) is 4.19. The fourth-order valence-corrected chi connectivity index (χ4v) is 4.71. The minimum atomic E-state index is -0.690. The van der Waals surface area contributed by atoms with Crippen molar-refractivity contribution >= 4 is 58.1 Å². The highest BCUT2D eigenvalue weighted by Gasteiger charge is 2.36. The van der Waals surface area contributed by atoms with Crippen molar-refractivity contribution in [3.63, 3.8) is 0 Å². The van der Waals surface area contributed by atoms with Crippen molar-refractivity contribution in [2.45, 2.75) is 6.92 Å². The van der Waals surface area contributed by atoms with E-state index in [1.54, 1.807) is 42.5 Å². The molecule has 3 aromatic rings. The number of imide groups is 1. The smallest absolute Gasteiger partial charge is 0.338 e. The maximum Gasteiger partial charge on any atom is 0.338 e. The largest absolute Gasteiger partial charge is 0.454 e. The number of carbonyl (C=O) groups excluding carboxylic acids is 5. The van der Waals surface area contributed by atoms with E-state index in [2.05, 4.69) is 10.6 Å². The Bertz CT molecular complexity index is 1570. The minimum absolute atomic E-state index is 0.0936. The van der Waals surface area contributed by atoms with Gasteiger partial charge in [-0.3, -0.25) is 24.1 Å². The number of fused-ring (bicyclic) bond motifs is 1. The van der Waals surface area contributed by atoms with Gasteiger partial charge in [0.2, 0.25) is 12.7 Å². The fourth-order valence-electron chi connectivity index (χ4n) is 3.87. The number of hydrogen-bond acceptors (Lipinski definition) is 9. The van der Waals surface area contributed by atoms with Crippen LogP contribution in [0.1, 0.15) is 21.5 Å². The molecular formula is C29H23N3O8S. The van der Waals surface area contributed by atoms with Gasteiger partial charge in [0.25, 0.3) is 17.1 Å². The summed E-state index contributed by atoms with van der Waals surface area (Å²) in [5, 5.41) is 4.70. The number of esters is 1. The van der Waals surface area contributed by atoms with Crippen LogP contribution in [0.5, 0.6) is 11.5 Å². The first-order valence-electron chi connectivity index (χ1n) is 12.3. The van der Waals surface area contributed by atoms with E-state index in [4.69, 9.17) is 14.2 Å². The molecule has 41 heavy (non-hydrogen) atoms. The maximum absolute atomic E-state index is 12.8. The van der Waals surface area contributed by atoms with E-state index in [1.807, 2.05) is 19.1 Å². The molecule has 2 N–H and O–H groups in total. The summed E-state index contributed by atoms with van der Waals surface area (Å²) in [5.74, 6) is -1.28. The lowest BCUT2D eigenvalue weighted by molar-refractivity contribution is -0.127. The molecule has 3 aromatic carbocycles. The Morgan fingerprint density at radius 1 is 0.902 bits per heavy atom. The highest BCUT2D eigenvalue weighted by Crippen LogP contribution is 2.35. The number of amides is 4. The first-order chi connectivity index (χ1) is 19.7. The third-order valence-electron chi connectivity index (χ3n) is 5.95. The van der Waals surface area contributed by atoms with Gasteiger partial charge in [-0.1, -0.05) is 29.8 Å². The van der Waals surface area contributed by atoms with Gasteiger partial charge in [0, 0.05) is 17.4 Å². The summed E-state index contributed by atoms with van der Waals surface area (Å²) in [4.78, 5) is 63.2. The second kappa shape index (κ2) is 12.0. The summed E-state index contributed by atoms with van der Waals surface area (Å²) in [6.07, 6.45) is 1.49. The number of hydrogen-bond donors (Lipinski definition) is 2. The standard InChI is InChI=1S/C29H23N3O8S/c1-17-2-8-20(9-3-17)30-26(34)15-38-28(36)19-6-4-18(5-7-19)12-24-27(35)32(29(37)41-24)14-25(33)31-21-10-11-22-23(13-21)40-16-39-22/h2-13H,14-16H2,1H3,(H,30,34)(H,31,33)/b24-12+. The van der Waals surface area contributed by atoms with Crippen LogP contribution < -0.4 is 20.1 Å². The van der Waals surface area contributed by atoms with Gasteiger partial charge in [0.15, 0.2) is 18.1 Å². The van der Waals surface area contributed by atoms with Crippen molar-refractivity contribution in [2.75, 3.05) is 30.6 Å². The lowest BCUT2D eigenvalue weighted by atomic mass is 10.1. The van der Waals surface area contributed by atoms with Gasteiger partial charge in [0.1, 0.15) is 6.54 Å². The molecule has 0 bridgehead atoms. The average molecular weight is 574 g/mol. The zero-order valence-corrected chi connectivity index (χ0v) is 22.5. The van der Waals surface area contributed by atoms with Crippen LogP contribution in [0.3, 0.4) is 0 Å². The zero-order valence-electron chi connectivity index (χ0n) is 21.7. The van der Waals surface area contributed by atoms with E-state index < -0.39 is 42.1 Å². The zero-order chi connectivity index (χ0) is 28.9. The van der Waals surface area contributed by atoms with E-state index in [0.29, 0.717) is 40.2 Å². The van der Waals surface area contributed by atoms with Crippen molar-refractivity contribution in [1.82, 2.24) is 4.90 Å². The molecule has 0 saturated carbocycles. The van der Waals surface area contributed by atoms with Crippen molar-refractivity contribution < 1.29 is 38.2 Å². The Labute approximate surface area is 238 Å². The van der Waals surface area contributed by atoms with Gasteiger partial charge in [-0.05, 0) is 66.7 Å². The summed E-state index contributed by atoms with van der Waals surface area (Å²) < 4.78 is 15.6.